The smallest absolute Gasteiger partial charge is 0.270 e. The Balaban J connectivity index is 1.53. The van der Waals surface area contributed by atoms with Gasteiger partial charge < -0.3 is 15.2 Å². The number of aromatic nitrogens is 3. The summed E-state index contributed by atoms with van der Waals surface area (Å²) < 4.78 is 1.84. The minimum atomic E-state index is 0.0510. The summed E-state index contributed by atoms with van der Waals surface area (Å²) in [7, 11) is 0. The van der Waals surface area contributed by atoms with Crippen molar-refractivity contribution >= 4 is 5.91 Å². The molecule has 4 rings (SSSR count). The Morgan fingerprint density at radius 3 is 2.88 bits per heavy atom. The fourth-order valence-corrected chi connectivity index (χ4v) is 3.17. The summed E-state index contributed by atoms with van der Waals surface area (Å²) in [6.07, 6.45) is 5.65. The minimum absolute atomic E-state index is 0.0510. The van der Waals surface area contributed by atoms with E-state index < -0.39 is 0 Å². The van der Waals surface area contributed by atoms with Crippen molar-refractivity contribution in [2.75, 3.05) is 19.6 Å². The topological polar surface area (TPSA) is 66.0 Å². The number of carbonyl (C=O) groups excluding carboxylic acids is 1. The maximum absolute atomic E-state index is 12.7. The third-order valence-electron chi connectivity index (χ3n) is 4.51. The molecule has 25 heavy (non-hydrogen) atoms. The van der Waals surface area contributed by atoms with Gasteiger partial charge in [0.1, 0.15) is 5.69 Å². The molecule has 1 aliphatic rings. The van der Waals surface area contributed by atoms with Crippen LogP contribution in [0.4, 0.5) is 0 Å². The molecule has 1 atom stereocenters. The van der Waals surface area contributed by atoms with E-state index in [9.17, 15) is 4.79 Å². The van der Waals surface area contributed by atoms with E-state index in [0.29, 0.717) is 11.7 Å². The third kappa shape index (κ3) is 3.21. The highest BCUT2D eigenvalue weighted by Crippen LogP contribution is 2.22. The molecule has 0 radical (unpaired) electrons. The van der Waals surface area contributed by atoms with Gasteiger partial charge >= 0.3 is 0 Å². The van der Waals surface area contributed by atoms with Crippen molar-refractivity contribution in [2.45, 2.75) is 13.0 Å². The molecule has 0 unspecified atom stereocenters. The highest BCUT2D eigenvalue weighted by Gasteiger charge is 2.22. The van der Waals surface area contributed by atoms with Crippen molar-refractivity contribution in [2.24, 2.45) is 0 Å². The standard InChI is InChI=1S/C19H21N5O/c1-14-12-23(8-7-20-14)19(25)18-9-15(10-21-18)16-11-22-24(13-16)17-5-3-2-4-6-17/h2-6,9-11,13-14,20-21H,7-8,12H2,1H3/t14-/m0/s1. The summed E-state index contributed by atoms with van der Waals surface area (Å²) >= 11 is 0. The number of nitrogens with one attached hydrogen (secondary N) is 2. The van der Waals surface area contributed by atoms with Crippen molar-refractivity contribution in [3.05, 3.63) is 60.7 Å². The van der Waals surface area contributed by atoms with Gasteiger partial charge in [0.05, 0.1) is 11.9 Å². The lowest BCUT2D eigenvalue weighted by molar-refractivity contribution is 0.0704. The van der Waals surface area contributed by atoms with Crippen molar-refractivity contribution in [3.8, 4) is 16.8 Å². The lowest BCUT2D eigenvalue weighted by Crippen LogP contribution is -2.51. The molecule has 0 saturated carbocycles. The number of hydrogen-bond acceptors (Lipinski definition) is 3. The van der Waals surface area contributed by atoms with Crippen LogP contribution in [-0.2, 0) is 0 Å². The Kier molecular flexibility index (Phi) is 4.11. The van der Waals surface area contributed by atoms with Crippen LogP contribution in [0.3, 0.4) is 0 Å². The first kappa shape index (κ1) is 15.7. The summed E-state index contributed by atoms with van der Waals surface area (Å²) in [4.78, 5) is 17.7. The maximum Gasteiger partial charge on any atom is 0.270 e. The second-order valence-corrected chi connectivity index (χ2v) is 6.42. The normalized spacial score (nSPS) is 17.6. The van der Waals surface area contributed by atoms with Crippen LogP contribution in [0.1, 0.15) is 17.4 Å². The largest absolute Gasteiger partial charge is 0.357 e. The minimum Gasteiger partial charge on any atom is -0.357 e. The SMILES string of the molecule is C[C@H]1CN(C(=O)c2cc(-c3cnn(-c4ccccc4)c3)c[nH]2)CCN1. The zero-order valence-corrected chi connectivity index (χ0v) is 14.1. The molecule has 0 aliphatic carbocycles. The number of carbonyl (C=O) groups is 1. The number of benzene rings is 1. The van der Waals surface area contributed by atoms with Crippen LogP contribution in [-0.4, -0.2) is 51.2 Å². The molecule has 1 aromatic carbocycles. The first-order valence-electron chi connectivity index (χ1n) is 8.52. The molecule has 1 saturated heterocycles. The van der Waals surface area contributed by atoms with E-state index in [1.54, 1.807) is 0 Å². The van der Waals surface area contributed by atoms with Gasteiger partial charge in [-0.25, -0.2) is 4.68 Å². The summed E-state index contributed by atoms with van der Waals surface area (Å²) in [5, 5.41) is 7.77. The molecule has 1 amide bonds. The van der Waals surface area contributed by atoms with Crippen LogP contribution in [0.2, 0.25) is 0 Å². The predicted molar refractivity (Wildman–Crippen MR) is 96.7 cm³/mol. The highest BCUT2D eigenvalue weighted by molar-refractivity contribution is 5.94. The van der Waals surface area contributed by atoms with Gasteiger partial charge in [-0.15, -0.1) is 0 Å². The lowest BCUT2D eigenvalue weighted by atomic mass is 10.2. The van der Waals surface area contributed by atoms with Crippen molar-refractivity contribution < 1.29 is 4.79 Å². The first-order chi connectivity index (χ1) is 12.2. The van der Waals surface area contributed by atoms with Crippen molar-refractivity contribution in [1.82, 2.24) is 25.0 Å². The second-order valence-electron chi connectivity index (χ2n) is 6.42. The van der Waals surface area contributed by atoms with E-state index in [1.807, 2.05) is 64.6 Å². The molecule has 0 bridgehead atoms. The van der Waals surface area contributed by atoms with Crippen LogP contribution in [0.15, 0.2) is 55.0 Å². The van der Waals surface area contributed by atoms with Gasteiger partial charge in [-0.2, -0.15) is 5.10 Å². The number of nitrogens with zero attached hydrogens (tertiary/aromatic N) is 3. The van der Waals surface area contributed by atoms with E-state index >= 15 is 0 Å². The van der Waals surface area contributed by atoms with Crippen LogP contribution < -0.4 is 5.32 Å². The summed E-state index contributed by atoms with van der Waals surface area (Å²) in [5.41, 5.74) is 3.58. The Bertz CT molecular complexity index is 867. The molecule has 2 aromatic heterocycles. The van der Waals surface area contributed by atoms with Gasteiger partial charge in [-0.3, -0.25) is 4.79 Å². The van der Waals surface area contributed by atoms with Crippen LogP contribution in [0.5, 0.6) is 0 Å². The molecule has 1 aliphatic heterocycles. The summed E-state index contributed by atoms with van der Waals surface area (Å²) in [6.45, 7) is 4.41. The van der Waals surface area contributed by atoms with Crippen molar-refractivity contribution in [1.29, 1.82) is 0 Å². The van der Waals surface area contributed by atoms with E-state index in [1.165, 1.54) is 0 Å². The summed E-state index contributed by atoms with van der Waals surface area (Å²) in [5.74, 6) is 0.0510. The zero-order chi connectivity index (χ0) is 17.2. The molecule has 6 heteroatoms. The fourth-order valence-electron chi connectivity index (χ4n) is 3.17. The molecular weight excluding hydrogens is 314 g/mol. The predicted octanol–water partition coefficient (Wildman–Crippen LogP) is 2.30. The Labute approximate surface area is 146 Å². The van der Waals surface area contributed by atoms with E-state index in [4.69, 9.17) is 0 Å². The third-order valence-corrected chi connectivity index (χ3v) is 4.51. The second kappa shape index (κ2) is 6.57. The van der Waals surface area contributed by atoms with Gasteiger partial charge in [0, 0.05) is 49.2 Å². The van der Waals surface area contributed by atoms with Gasteiger partial charge in [0.2, 0.25) is 0 Å². The van der Waals surface area contributed by atoms with Gasteiger partial charge in [0.15, 0.2) is 0 Å². The Morgan fingerprint density at radius 2 is 2.08 bits per heavy atom. The molecule has 3 heterocycles. The molecular formula is C19H21N5O. The van der Waals surface area contributed by atoms with Gasteiger partial charge in [-0.05, 0) is 25.1 Å². The quantitative estimate of drug-likeness (QED) is 0.772. The maximum atomic E-state index is 12.7. The van der Waals surface area contributed by atoms with E-state index in [-0.39, 0.29) is 5.91 Å². The number of amides is 1. The van der Waals surface area contributed by atoms with Crippen LogP contribution >= 0.6 is 0 Å². The Hall–Kier alpha value is -2.86. The Morgan fingerprint density at radius 1 is 1.24 bits per heavy atom. The molecule has 1 fully saturated rings. The molecule has 3 aromatic rings. The van der Waals surface area contributed by atoms with E-state index in [2.05, 4.69) is 22.3 Å². The summed E-state index contributed by atoms with van der Waals surface area (Å²) in [6, 6.07) is 12.2. The average Bonchev–Trinajstić information content (AvgIpc) is 3.31. The number of para-hydroxylation sites is 1. The molecule has 0 spiro atoms. The number of aromatic amines is 1. The number of hydrogen-bond donors (Lipinski definition) is 2. The highest BCUT2D eigenvalue weighted by atomic mass is 16.2. The van der Waals surface area contributed by atoms with Crippen molar-refractivity contribution in [3.63, 3.8) is 0 Å². The number of piperazine rings is 1. The van der Waals surface area contributed by atoms with Gasteiger partial charge in [0.25, 0.3) is 5.91 Å². The lowest BCUT2D eigenvalue weighted by Gasteiger charge is -2.31. The van der Waals surface area contributed by atoms with Crippen LogP contribution in [0.25, 0.3) is 16.8 Å². The fraction of sp³-hybridized carbons (Fsp3) is 0.263. The van der Waals surface area contributed by atoms with Crippen LogP contribution in [0, 0.1) is 0 Å². The van der Waals surface area contributed by atoms with Gasteiger partial charge in [-0.1, -0.05) is 18.2 Å². The number of rotatable bonds is 3. The van der Waals surface area contributed by atoms with E-state index in [0.717, 1.165) is 36.4 Å². The first-order valence-corrected chi connectivity index (χ1v) is 8.52. The number of H-pyrrole nitrogens is 1. The average molecular weight is 335 g/mol. The molecule has 2 N–H and O–H groups in total. The molecule has 6 nitrogen and oxygen atoms in total. The zero-order valence-electron chi connectivity index (χ0n) is 14.1. The molecule has 128 valence electrons. The monoisotopic (exact) mass is 335 g/mol.